The van der Waals surface area contributed by atoms with Gasteiger partial charge in [-0.2, -0.15) is 0 Å². The number of hydrogen-bond acceptors (Lipinski definition) is 3. The summed E-state index contributed by atoms with van der Waals surface area (Å²) >= 11 is 0. The van der Waals surface area contributed by atoms with E-state index in [1.165, 1.54) is 24.8 Å². The van der Waals surface area contributed by atoms with Crippen molar-refractivity contribution in [2.75, 3.05) is 0 Å². The molecule has 154 valence electrons. The van der Waals surface area contributed by atoms with Gasteiger partial charge in [0.1, 0.15) is 0 Å². The van der Waals surface area contributed by atoms with Crippen molar-refractivity contribution >= 4 is 18.3 Å². The predicted molar refractivity (Wildman–Crippen MR) is 117 cm³/mol. The normalized spacial score (nSPS) is 32.9. The first-order chi connectivity index (χ1) is 13.7. The molecule has 0 unspecified atom stereocenters. The highest BCUT2D eigenvalue weighted by molar-refractivity contribution is 5.94. The molecule has 5 heteroatoms. The maximum absolute atomic E-state index is 13.6. The van der Waals surface area contributed by atoms with Crippen molar-refractivity contribution in [2.24, 2.45) is 5.41 Å². The minimum Gasteiger partial charge on any atom is -0.330 e. The van der Waals surface area contributed by atoms with E-state index < -0.39 is 0 Å². The summed E-state index contributed by atoms with van der Waals surface area (Å²) in [6, 6.07) is 15.9. The SMILES string of the molecule is C[C@@]12C[C@H]3[C@H](Cc4ccccc4)N[C@@H]1CCCC[C@@H]2N3C(=O)c1cccnc1.Cl. The van der Waals surface area contributed by atoms with E-state index in [9.17, 15) is 4.79 Å². The number of fused-ring (bicyclic) bond motifs is 1. The Morgan fingerprint density at radius 2 is 1.97 bits per heavy atom. The lowest BCUT2D eigenvalue weighted by Gasteiger charge is -2.43. The monoisotopic (exact) mass is 411 g/mol. The fourth-order valence-corrected chi connectivity index (χ4v) is 6.07. The second kappa shape index (κ2) is 8.08. The van der Waals surface area contributed by atoms with Crippen molar-refractivity contribution < 1.29 is 4.79 Å². The van der Waals surface area contributed by atoms with Gasteiger partial charge in [0.2, 0.25) is 0 Å². The Labute approximate surface area is 179 Å². The fraction of sp³-hybridized carbons (Fsp3) is 0.500. The van der Waals surface area contributed by atoms with Crippen molar-refractivity contribution in [2.45, 2.75) is 69.6 Å². The molecule has 2 bridgehead atoms. The molecule has 1 amide bonds. The van der Waals surface area contributed by atoms with Crippen molar-refractivity contribution in [3.63, 3.8) is 0 Å². The number of hydrogen-bond donors (Lipinski definition) is 1. The van der Waals surface area contributed by atoms with Crippen molar-refractivity contribution in [1.82, 2.24) is 15.2 Å². The van der Waals surface area contributed by atoms with Crippen LogP contribution in [-0.4, -0.2) is 40.0 Å². The number of aromatic nitrogens is 1. The standard InChI is InChI=1S/C24H29N3O.ClH/c1-24-15-20-19(14-17-8-3-2-4-9-17)26-21(24)11-5-6-12-22(24)27(20)23(28)18-10-7-13-25-16-18;/h2-4,7-10,13,16,19-22,26H,5-6,11-12,14-15H2,1H3;1H/t19-,20-,21+,22-,24+;/m0./s1. The fourth-order valence-electron chi connectivity index (χ4n) is 6.07. The van der Waals surface area contributed by atoms with Crippen LogP contribution >= 0.6 is 12.4 Å². The molecule has 5 atom stereocenters. The van der Waals surface area contributed by atoms with E-state index >= 15 is 0 Å². The highest BCUT2D eigenvalue weighted by Gasteiger charge is 2.60. The molecule has 4 nitrogen and oxygen atoms in total. The Morgan fingerprint density at radius 1 is 1.17 bits per heavy atom. The van der Waals surface area contributed by atoms with Gasteiger partial charge in [0.25, 0.3) is 5.91 Å². The van der Waals surface area contributed by atoms with E-state index in [2.05, 4.69) is 52.5 Å². The summed E-state index contributed by atoms with van der Waals surface area (Å²) in [6.45, 7) is 2.42. The smallest absolute Gasteiger partial charge is 0.255 e. The molecule has 3 heterocycles. The average Bonchev–Trinajstić information content (AvgIpc) is 2.88. The number of amides is 1. The first-order valence-electron chi connectivity index (χ1n) is 10.7. The number of rotatable bonds is 3. The predicted octanol–water partition coefficient (Wildman–Crippen LogP) is 4.25. The molecule has 1 N–H and O–H groups in total. The average molecular weight is 412 g/mol. The molecule has 2 saturated heterocycles. The molecule has 0 radical (unpaired) electrons. The van der Waals surface area contributed by atoms with Gasteiger partial charge in [-0.05, 0) is 43.4 Å². The van der Waals surface area contributed by atoms with Crippen molar-refractivity contribution in [1.29, 1.82) is 0 Å². The van der Waals surface area contributed by atoms with Gasteiger partial charge in [0, 0.05) is 42.0 Å². The van der Waals surface area contributed by atoms with Crippen LogP contribution in [0.2, 0.25) is 0 Å². The van der Waals surface area contributed by atoms with Crippen molar-refractivity contribution in [3.05, 3.63) is 66.0 Å². The first-order valence-corrected chi connectivity index (χ1v) is 10.7. The number of carbonyl (C=O) groups is 1. The zero-order valence-corrected chi connectivity index (χ0v) is 17.8. The highest BCUT2D eigenvalue weighted by atomic mass is 35.5. The summed E-state index contributed by atoms with van der Waals surface area (Å²) in [6.07, 6.45) is 10.4. The topological polar surface area (TPSA) is 45.2 Å². The van der Waals surface area contributed by atoms with Crippen LogP contribution in [-0.2, 0) is 6.42 Å². The van der Waals surface area contributed by atoms with E-state index in [4.69, 9.17) is 0 Å². The zero-order chi connectivity index (χ0) is 19.1. The van der Waals surface area contributed by atoms with Crippen LogP contribution in [0.25, 0.3) is 0 Å². The van der Waals surface area contributed by atoms with Crippen LogP contribution in [0, 0.1) is 5.41 Å². The van der Waals surface area contributed by atoms with Gasteiger partial charge in [-0.3, -0.25) is 9.78 Å². The van der Waals surface area contributed by atoms with E-state index in [-0.39, 0.29) is 29.8 Å². The summed E-state index contributed by atoms with van der Waals surface area (Å²) in [5, 5.41) is 4.00. The van der Waals surface area contributed by atoms with Crippen LogP contribution in [0.3, 0.4) is 0 Å². The molecular formula is C24H30ClN3O. The van der Waals surface area contributed by atoms with Gasteiger partial charge in [0.15, 0.2) is 0 Å². The number of benzene rings is 1. The molecule has 2 aliphatic heterocycles. The third kappa shape index (κ3) is 3.47. The van der Waals surface area contributed by atoms with Crippen molar-refractivity contribution in [3.8, 4) is 0 Å². The van der Waals surface area contributed by atoms with E-state index in [1.54, 1.807) is 12.4 Å². The van der Waals surface area contributed by atoms with Crippen LogP contribution < -0.4 is 5.32 Å². The van der Waals surface area contributed by atoms with Crippen LogP contribution in [0.4, 0.5) is 0 Å². The molecule has 0 spiro atoms. The number of nitrogens with one attached hydrogen (secondary N) is 1. The number of carbonyl (C=O) groups excluding carboxylic acids is 1. The van der Waals surface area contributed by atoms with Gasteiger partial charge in [-0.15, -0.1) is 12.4 Å². The maximum Gasteiger partial charge on any atom is 0.255 e. The lowest BCUT2D eigenvalue weighted by molar-refractivity contribution is 0.0611. The molecule has 1 aromatic heterocycles. The number of nitrogens with zero attached hydrogens (tertiary/aromatic N) is 2. The number of halogens is 1. The molecule has 1 saturated carbocycles. The summed E-state index contributed by atoms with van der Waals surface area (Å²) in [5.74, 6) is 0.161. The van der Waals surface area contributed by atoms with Crippen LogP contribution in [0.15, 0.2) is 54.9 Å². The van der Waals surface area contributed by atoms with Gasteiger partial charge < -0.3 is 10.2 Å². The quantitative estimate of drug-likeness (QED) is 0.821. The minimum absolute atomic E-state index is 0. The summed E-state index contributed by atoms with van der Waals surface area (Å²) in [5.41, 5.74) is 2.24. The van der Waals surface area contributed by atoms with Gasteiger partial charge in [-0.25, -0.2) is 0 Å². The minimum atomic E-state index is 0. The number of pyridine rings is 1. The van der Waals surface area contributed by atoms with Crippen LogP contribution in [0.1, 0.15) is 54.9 Å². The second-order valence-electron chi connectivity index (χ2n) is 9.05. The van der Waals surface area contributed by atoms with Crippen LogP contribution in [0.5, 0.6) is 0 Å². The third-order valence-corrected chi connectivity index (χ3v) is 7.44. The van der Waals surface area contributed by atoms with Gasteiger partial charge >= 0.3 is 0 Å². The summed E-state index contributed by atoms with van der Waals surface area (Å²) in [7, 11) is 0. The Morgan fingerprint density at radius 3 is 2.72 bits per heavy atom. The Bertz CT molecular complexity index is 846. The molecule has 2 aromatic rings. The Hall–Kier alpha value is -1.91. The van der Waals surface area contributed by atoms with Gasteiger partial charge in [-0.1, -0.05) is 50.1 Å². The molecule has 3 aliphatic rings. The highest BCUT2D eigenvalue weighted by Crippen LogP contribution is 2.52. The summed E-state index contributed by atoms with van der Waals surface area (Å²) in [4.78, 5) is 20.1. The molecule has 5 rings (SSSR count). The Kier molecular flexibility index (Phi) is 5.67. The molecule has 1 aliphatic carbocycles. The molecule has 3 fully saturated rings. The number of piperidine rings is 1. The maximum atomic E-state index is 13.6. The lowest BCUT2D eigenvalue weighted by Crippen LogP contribution is -2.57. The first kappa shape index (κ1) is 20.4. The molecule has 1 aromatic carbocycles. The second-order valence-corrected chi connectivity index (χ2v) is 9.05. The summed E-state index contributed by atoms with van der Waals surface area (Å²) < 4.78 is 0. The van der Waals surface area contributed by atoms with Gasteiger partial charge in [0.05, 0.1) is 5.56 Å². The molecule has 29 heavy (non-hydrogen) atoms. The lowest BCUT2D eigenvalue weighted by atomic mass is 9.70. The Balaban J connectivity index is 0.00000205. The van der Waals surface area contributed by atoms with E-state index in [0.717, 1.165) is 24.8 Å². The largest absolute Gasteiger partial charge is 0.330 e. The number of likely N-dealkylation sites (tertiary alicyclic amines) is 1. The van der Waals surface area contributed by atoms with E-state index in [1.807, 2.05) is 12.1 Å². The van der Waals surface area contributed by atoms with E-state index in [0.29, 0.717) is 18.1 Å². The zero-order valence-electron chi connectivity index (χ0n) is 17.0. The third-order valence-electron chi connectivity index (χ3n) is 7.44. The molecular weight excluding hydrogens is 382 g/mol.